The summed E-state index contributed by atoms with van der Waals surface area (Å²) >= 11 is 0. The molecule has 0 bridgehead atoms. The van der Waals surface area contributed by atoms with Gasteiger partial charge in [-0.1, -0.05) is 11.2 Å². The van der Waals surface area contributed by atoms with Gasteiger partial charge < -0.3 is 14.4 Å². The molecular formula is C13H13N3O2. The van der Waals surface area contributed by atoms with E-state index in [9.17, 15) is 5.11 Å². The van der Waals surface area contributed by atoms with Gasteiger partial charge in [0.2, 0.25) is 6.39 Å². The summed E-state index contributed by atoms with van der Waals surface area (Å²) in [4.78, 5) is 2.12. The third-order valence-electron chi connectivity index (χ3n) is 3.99. The molecule has 1 fully saturated rings. The fraction of sp³-hybridized carbons (Fsp3) is 0.385. The van der Waals surface area contributed by atoms with Gasteiger partial charge in [-0.25, -0.2) is 0 Å². The van der Waals surface area contributed by atoms with Crippen LogP contribution in [0.3, 0.4) is 0 Å². The van der Waals surface area contributed by atoms with Crippen molar-refractivity contribution in [2.24, 2.45) is 0 Å². The van der Waals surface area contributed by atoms with Crippen molar-refractivity contribution in [2.45, 2.75) is 24.8 Å². The molecule has 5 nitrogen and oxygen atoms in total. The number of aromatic nitrogens is 2. The first-order valence-corrected chi connectivity index (χ1v) is 6.10. The van der Waals surface area contributed by atoms with E-state index in [1.54, 1.807) is 6.07 Å². The van der Waals surface area contributed by atoms with Crippen LogP contribution in [0, 0.1) is 0 Å². The molecule has 0 amide bonds. The minimum absolute atomic E-state index is 0.181. The number of phenolic OH excluding ortho intramolecular Hbond substituents is 1. The molecule has 1 saturated carbocycles. The van der Waals surface area contributed by atoms with E-state index in [0.29, 0.717) is 11.8 Å². The molecule has 1 aromatic heterocycles. The molecule has 1 N–H and O–H groups in total. The lowest BCUT2D eigenvalue weighted by molar-refractivity contribution is 0.466. The van der Waals surface area contributed by atoms with Gasteiger partial charge >= 0.3 is 6.01 Å². The van der Waals surface area contributed by atoms with Gasteiger partial charge in [0.25, 0.3) is 0 Å². The third kappa shape index (κ3) is 1.33. The van der Waals surface area contributed by atoms with Crippen LogP contribution in [0.2, 0.25) is 0 Å². The largest absolute Gasteiger partial charge is 0.508 e. The lowest BCUT2D eigenvalue weighted by Gasteiger charge is -2.33. The number of nitrogens with zero attached hydrogens (tertiary/aromatic N) is 3. The quantitative estimate of drug-likeness (QED) is 0.827. The molecule has 2 aromatic rings. The normalized spacial score (nSPS) is 19.9. The van der Waals surface area contributed by atoms with E-state index in [1.165, 1.54) is 17.5 Å². The number of benzene rings is 1. The summed E-state index contributed by atoms with van der Waals surface area (Å²) in [5.74, 6) is 0.353. The Hall–Kier alpha value is -2.04. The number of rotatable bonds is 1. The van der Waals surface area contributed by atoms with Crippen molar-refractivity contribution in [1.82, 2.24) is 10.2 Å². The van der Waals surface area contributed by atoms with Gasteiger partial charge in [-0.2, -0.15) is 0 Å². The van der Waals surface area contributed by atoms with Crippen LogP contribution < -0.4 is 4.90 Å². The number of aromatic hydroxyl groups is 1. The van der Waals surface area contributed by atoms with Crippen LogP contribution in [-0.2, 0) is 12.0 Å². The van der Waals surface area contributed by atoms with E-state index in [0.717, 1.165) is 25.9 Å². The second-order valence-corrected chi connectivity index (χ2v) is 5.20. The zero-order valence-corrected chi connectivity index (χ0v) is 9.83. The Bertz CT molecular complexity index is 590. The van der Waals surface area contributed by atoms with Crippen LogP contribution in [0.15, 0.2) is 29.0 Å². The lowest BCUT2D eigenvalue weighted by atomic mass is 9.87. The number of hydrogen-bond acceptors (Lipinski definition) is 5. The van der Waals surface area contributed by atoms with Crippen LogP contribution >= 0.6 is 0 Å². The van der Waals surface area contributed by atoms with Gasteiger partial charge in [-0.3, -0.25) is 0 Å². The molecule has 92 valence electrons. The first-order valence-electron chi connectivity index (χ1n) is 6.10. The molecule has 0 unspecified atom stereocenters. The molecule has 18 heavy (non-hydrogen) atoms. The standard InChI is InChI=1S/C13H13N3O2/c17-10-2-1-9-6-16(12-15-14-8-18-12)7-13(3-4-13)11(9)5-10/h1-2,5,8,17H,3-4,6-7H2. The van der Waals surface area contributed by atoms with E-state index in [4.69, 9.17) is 4.42 Å². The summed E-state index contributed by atoms with van der Waals surface area (Å²) in [6.07, 6.45) is 3.68. The Kier molecular flexibility index (Phi) is 1.79. The van der Waals surface area contributed by atoms with Gasteiger partial charge in [0.05, 0.1) is 0 Å². The van der Waals surface area contributed by atoms with Gasteiger partial charge in [-0.05, 0) is 36.1 Å². The van der Waals surface area contributed by atoms with Crippen molar-refractivity contribution in [3.8, 4) is 5.75 Å². The molecule has 1 aliphatic carbocycles. The zero-order valence-electron chi connectivity index (χ0n) is 9.83. The maximum absolute atomic E-state index is 9.64. The molecule has 2 heterocycles. The van der Waals surface area contributed by atoms with Crippen LogP contribution in [0.5, 0.6) is 5.75 Å². The van der Waals surface area contributed by atoms with Gasteiger partial charge in [0.1, 0.15) is 5.75 Å². The maximum Gasteiger partial charge on any atom is 0.318 e. The molecule has 4 rings (SSSR count). The number of fused-ring (bicyclic) bond motifs is 2. The minimum Gasteiger partial charge on any atom is -0.508 e. The molecule has 0 atom stereocenters. The highest BCUT2D eigenvalue weighted by Gasteiger charge is 2.49. The van der Waals surface area contributed by atoms with E-state index in [1.807, 2.05) is 12.1 Å². The summed E-state index contributed by atoms with van der Waals surface area (Å²) in [5.41, 5.74) is 2.72. The smallest absolute Gasteiger partial charge is 0.318 e. The second kappa shape index (κ2) is 3.25. The molecule has 1 aliphatic heterocycles. The summed E-state index contributed by atoms with van der Waals surface area (Å²) in [6, 6.07) is 6.23. The monoisotopic (exact) mass is 243 g/mol. The first kappa shape index (κ1) is 9.94. The SMILES string of the molecule is Oc1ccc2c(c1)C1(CC1)CN(c1nnco1)C2. The molecule has 2 aliphatic rings. The first-order chi connectivity index (χ1) is 8.77. The number of hydrogen-bond donors (Lipinski definition) is 1. The Morgan fingerprint density at radius 2 is 2.22 bits per heavy atom. The van der Waals surface area contributed by atoms with Crippen LogP contribution in [0.4, 0.5) is 6.01 Å². The summed E-state index contributed by atoms with van der Waals surface area (Å²) < 4.78 is 5.29. The van der Waals surface area contributed by atoms with Crippen molar-refractivity contribution >= 4 is 6.01 Å². The number of phenols is 1. The second-order valence-electron chi connectivity index (χ2n) is 5.20. The number of anilines is 1. The maximum atomic E-state index is 9.64. The Labute approximate surface area is 104 Å². The molecular weight excluding hydrogens is 230 g/mol. The van der Waals surface area contributed by atoms with Crippen LogP contribution in [0.1, 0.15) is 24.0 Å². The summed E-state index contributed by atoms with van der Waals surface area (Å²) in [6.45, 7) is 1.66. The third-order valence-corrected chi connectivity index (χ3v) is 3.99. The molecule has 0 saturated heterocycles. The van der Waals surface area contributed by atoms with E-state index in [2.05, 4.69) is 15.1 Å². The minimum atomic E-state index is 0.181. The van der Waals surface area contributed by atoms with E-state index < -0.39 is 0 Å². The highest BCUT2D eigenvalue weighted by molar-refractivity contribution is 5.50. The summed E-state index contributed by atoms with van der Waals surface area (Å²) in [5, 5.41) is 17.4. The van der Waals surface area contributed by atoms with Crippen molar-refractivity contribution in [3.05, 3.63) is 35.7 Å². The fourth-order valence-corrected chi connectivity index (χ4v) is 2.93. The van der Waals surface area contributed by atoms with Crippen LogP contribution in [-0.4, -0.2) is 21.8 Å². The van der Waals surface area contributed by atoms with E-state index in [-0.39, 0.29) is 5.41 Å². The molecule has 0 radical (unpaired) electrons. The molecule has 1 spiro atoms. The predicted octanol–water partition coefficient (Wildman–Crippen LogP) is 1.83. The average molecular weight is 243 g/mol. The molecule has 5 heteroatoms. The average Bonchev–Trinajstić information content (AvgIpc) is 2.93. The van der Waals surface area contributed by atoms with Crippen molar-refractivity contribution < 1.29 is 9.52 Å². The Balaban J connectivity index is 1.78. The Morgan fingerprint density at radius 1 is 1.33 bits per heavy atom. The van der Waals surface area contributed by atoms with Gasteiger partial charge in [0, 0.05) is 18.5 Å². The van der Waals surface area contributed by atoms with Gasteiger partial charge in [0.15, 0.2) is 0 Å². The predicted molar refractivity (Wildman–Crippen MR) is 64.4 cm³/mol. The topological polar surface area (TPSA) is 62.4 Å². The highest BCUT2D eigenvalue weighted by Crippen LogP contribution is 2.53. The van der Waals surface area contributed by atoms with Crippen molar-refractivity contribution in [3.63, 3.8) is 0 Å². The van der Waals surface area contributed by atoms with Crippen molar-refractivity contribution in [1.29, 1.82) is 0 Å². The van der Waals surface area contributed by atoms with E-state index >= 15 is 0 Å². The summed E-state index contributed by atoms with van der Waals surface area (Å²) in [7, 11) is 0. The lowest BCUT2D eigenvalue weighted by Crippen LogP contribution is -2.38. The zero-order chi connectivity index (χ0) is 12.2. The van der Waals surface area contributed by atoms with Crippen molar-refractivity contribution in [2.75, 3.05) is 11.4 Å². The fourth-order valence-electron chi connectivity index (χ4n) is 2.93. The van der Waals surface area contributed by atoms with Gasteiger partial charge in [-0.15, -0.1) is 5.10 Å². The Morgan fingerprint density at radius 3 is 2.94 bits per heavy atom. The molecule has 1 aromatic carbocycles. The van der Waals surface area contributed by atoms with Crippen LogP contribution in [0.25, 0.3) is 0 Å². The highest BCUT2D eigenvalue weighted by atomic mass is 16.4.